The highest BCUT2D eigenvalue weighted by atomic mass is 32.2. The molecule has 0 aliphatic heterocycles. The van der Waals surface area contributed by atoms with E-state index in [-0.39, 0.29) is 16.9 Å². The van der Waals surface area contributed by atoms with Crippen LogP contribution in [-0.4, -0.2) is 21.6 Å². The molecule has 0 saturated carbocycles. The van der Waals surface area contributed by atoms with E-state index in [0.717, 1.165) is 24.2 Å². The van der Waals surface area contributed by atoms with E-state index in [1.54, 1.807) is 12.1 Å². The Bertz CT molecular complexity index is 878. The lowest BCUT2D eigenvalue weighted by Crippen LogP contribution is -2.18. The predicted molar refractivity (Wildman–Crippen MR) is 123 cm³/mol. The monoisotopic (exact) mass is 432 g/mol. The molecule has 0 saturated heterocycles. The van der Waals surface area contributed by atoms with Crippen molar-refractivity contribution in [3.05, 3.63) is 59.7 Å². The Morgan fingerprint density at radius 2 is 1.47 bits per heavy atom. The van der Waals surface area contributed by atoms with Crippen molar-refractivity contribution in [1.82, 2.24) is 0 Å². The number of ether oxygens (including phenoxy) is 1. The Labute approximate surface area is 182 Å². The number of rotatable bonds is 10. The minimum Gasteiger partial charge on any atom is -0.494 e. The van der Waals surface area contributed by atoms with Gasteiger partial charge in [-0.2, -0.15) is 8.42 Å². The van der Waals surface area contributed by atoms with Gasteiger partial charge in [-0.3, -0.25) is 4.18 Å². The summed E-state index contributed by atoms with van der Waals surface area (Å²) in [6.45, 7) is 13.1. The van der Waals surface area contributed by atoms with Gasteiger partial charge in [0.2, 0.25) is 0 Å². The largest absolute Gasteiger partial charge is 0.494 e. The minimum atomic E-state index is -3.73. The van der Waals surface area contributed by atoms with Crippen LogP contribution in [0.5, 0.6) is 5.75 Å². The van der Waals surface area contributed by atoms with Gasteiger partial charge in [0.05, 0.1) is 18.1 Å². The smallest absolute Gasteiger partial charge is 0.296 e. The van der Waals surface area contributed by atoms with Gasteiger partial charge >= 0.3 is 0 Å². The summed E-state index contributed by atoms with van der Waals surface area (Å²) in [5.41, 5.74) is 2.23. The summed E-state index contributed by atoms with van der Waals surface area (Å²) in [5, 5.41) is 0. The van der Waals surface area contributed by atoms with Crippen molar-refractivity contribution in [2.45, 2.75) is 71.1 Å². The van der Waals surface area contributed by atoms with Gasteiger partial charge in [0.15, 0.2) is 0 Å². The van der Waals surface area contributed by atoms with E-state index in [9.17, 15) is 8.42 Å². The Morgan fingerprint density at radius 3 is 1.97 bits per heavy atom. The third-order valence-corrected chi connectivity index (χ3v) is 6.46. The van der Waals surface area contributed by atoms with Crippen molar-refractivity contribution in [2.75, 3.05) is 13.2 Å². The zero-order valence-corrected chi connectivity index (χ0v) is 20.0. The third-order valence-electron chi connectivity index (χ3n) is 5.18. The van der Waals surface area contributed by atoms with Crippen molar-refractivity contribution in [3.63, 3.8) is 0 Å². The van der Waals surface area contributed by atoms with Crippen LogP contribution in [0.2, 0.25) is 0 Å². The Hall–Kier alpha value is -1.85. The van der Waals surface area contributed by atoms with Crippen LogP contribution in [-0.2, 0) is 14.3 Å². The van der Waals surface area contributed by atoms with Gasteiger partial charge in [0, 0.05) is 0 Å². The molecule has 0 amide bonds. The Morgan fingerprint density at radius 1 is 0.900 bits per heavy atom. The summed E-state index contributed by atoms with van der Waals surface area (Å²) in [7, 11) is -3.73. The molecule has 2 aromatic rings. The second-order valence-electron chi connectivity index (χ2n) is 9.09. The van der Waals surface area contributed by atoms with Gasteiger partial charge in [-0.1, -0.05) is 58.9 Å². The molecule has 0 N–H and O–H groups in total. The van der Waals surface area contributed by atoms with Crippen molar-refractivity contribution >= 4 is 10.1 Å². The molecule has 4 nitrogen and oxygen atoms in total. The molecule has 2 unspecified atom stereocenters. The van der Waals surface area contributed by atoms with Gasteiger partial charge in [0.25, 0.3) is 10.1 Å². The van der Waals surface area contributed by atoms with Crippen LogP contribution in [0.1, 0.15) is 77.3 Å². The second kappa shape index (κ2) is 10.5. The maximum atomic E-state index is 12.4. The standard InChI is InChI=1S/C25H36O4S/c1-7-20(17-19(3)21-9-13-23(14-10-21)28-8-2)22-11-15-24(16-12-22)30(26,27)29-18-25(4,5)6/h9-16,19-20H,7-8,17-18H2,1-6H3. The van der Waals surface area contributed by atoms with E-state index in [4.69, 9.17) is 8.92 Å². The van der Waals surface area contributed by atoms with Crippen molar-refractivity contribution in [2.24, 2.45) is 5.41 Å². The van der Waals surface area contributed by atoms with Crippen LogP contribution in [0.4, 0.5) is 0 Å². The first kappa shape index (κ1) is 24.4. The van der Waals surface area contributed by atoms with E-state index in [1.807, 2.05) is 52.0 Å². The molecule has 0 bridgehead atoms. The molecule has 0 aromatic heterocycles. The van der Waals surface area contributed by atoms with Gasteiger partial charge < -0.3 is 4.74 Å². The van der Waals surface area contributed by atoms with E-state index < -0.39 is 10.1 Å². The first-order valence-electron chi connectivity index (χ1n) is 10.8. The lowest BCUT2D eigenvalue weighted by molar-refractivity contribution is 0.203. The fraction of sp³-hybridized carbons (Fsp3) is 0.520. The van der Waals surface area contributed by atoms with Gasteiger partial charge in [-0.05, 0) is 72.4 Å². The van der Waals surface area contributed by atoms with Crippen LogP contribution in [0.3, 0.4) is 0 Å². The number of benzene rings is 2. The molecule has 0 aliphatic rings. The highest BCUT2D eigenvalue weighted by molar-refractivity contribution is 7.86. The molecule has 0 spiro atoms. The van der Waals surface area contributed by atoms with Crippen molar-refractivity contribution in [3.8, 4) is 5.75 Å². The molecular formula is C25H36O4S. The van der Waals surface area contributed by atoms with Gasteiger partial charge in [0.1, 0.15) is 5.75 Å². The van der Waals surface area contributed by atoms with Crippen LogP contribution < -0.4 is 4.74 Å². The van der Waals surface area contributed by atoms with Crippen LogP contribution >= 0.6 is 0 Å². The number of hydrogen-bond donors (Lipinski definition) is 0. The minimum absolute atomic E-state index is 0.161. The molecule has 0 aliphatic carbocycles. The zero-order chi connectivity index (χ0) is 22.4. The molecule has 2 aromatic carbocycles. The number of hydrogen-bond acceptors (Lipinski definition) is 4. The maximum Gasteiger partial charge on any atom is 0.296 e. The summed E-state index contributed by atoms with van der Waals surface area (Å²) in [6.07, 6.45) is 1.99. The lowest BCUT2D eigenvalue weighted by Gasteiger charge is -2.21. The van der Waals surface area contributed by atoms with Crippen molar-refractivity contribution in [1.29, 1.82) is 0 Å². The lowest BCUT2D eigenvalue weighted by atomic mass is 9.85. The summed E-state index contributed by atoms with van der Waals surface area (Å²) in [6, 6.07) is 15.5. The average Bonchev–Trinajstić information content (AvgIpc) is 2.71. The topological polar surface area (TPSA) is 52.6 Å². The van der Waals surface area contributed by atoms with Gasteiger partial charge in [-0.25, -0.2) is 0 Å². The highest BCUT2D eigenvalue weighted by Gasteiger charge is 2.21. The average molecular weight is 433 g/mol. The summed E-state index contributed by atoms with van der Waals surface area (Å²) < 4.78 is 35.6. The van der Waals surface area contributed by atoms with E-state index in [2.05, 4.69) is 26.0 Å². The van der Waals surface area contributed by atoms with Crippen LogP contribution in [0.25, 0.3) is 0 Å². The molecule has 5 heteroatoms. The first-order valence-corrected chi connectivity index (χ1v) is 12.2. The van der Waals surface area contributed by atoms with E-state index in [1.165, 1.54) is 5.56 Å². The zero-order valence-electron chi connectivity index (χ0n) is 19.1. The molecule has 30 heavy (non-hydrogen) atoms. The van der Waals surface area contributed by atoms with Crippen LogP contribution in [0, 0.1) is 5.41 Å². The summed E-state index contributed by atoms with van der Waals surface area (Å²) >= 11 is 0. The molecule has 2 atom stereocenters. The molecule has 0 radical (unpaired) electrons. The fourth-order valence-corrected chi connectivity index (χ4v) is 4.50. The highest BCUT2D eigenvalue weighted by Crippen LogP contribution is 2.33. The molecule has 2 rings (SSSR count). The first-order chi connectivity index (χ1) is 14.1. The van der Waals surface area contributed by atoms with E-state index >= 15 is 0 Å². The molecular weight excluding hydrogens is 396 g/mol. The molecule has 0 heterocycles. The fourth-order valence-electron chi connectivity index (χ4n) is 3.39. The summed E-state index contributed by atoms with van der Waals surface area (Å²) in [5.74, 6) is 1.65. The van der Waals surface area contributed by atoms with Gasteiger partial charge in [-0.15, -0.1) is 0 Å². The quantitative estimate of drug-likeness (QED) is 0.401. The molecule has 0 fully saturated rings. The summed E-state index contributed by atoms with van der Waals surface area (Å²) in [4.78, 5) is 0.213. The van der Waals surface area contributed by atoms with Crippen molar-refractivity contribution < 1.29 is 17.3 Å². The van der Waals surface area contributed by atoms with Crippen LogP contribution in [0.15, 0.2) is 53.4 Å². The second-order valence-corrected chi connectivity index (χ2v) is 10.7. The third kappa shape index (κ3) is 7.13. The molecule has 166 valence electrons. The van der Waals surface area contributed by atoms with E-state index in [0.29, 0.717) is 18.4 Å². The Balaban J connectivity index is 2.07. The SMILES string of the molecule is CCOc1ccc(C(C)CC(CC)c2ccc(S(=O)(=O)OCC(C)(C)C)cc2)cc1. The maximum absolute atomic E-state index is 12.4. The Kier molecular flexibility index (Phi) is 8.51. The normalized spacial score (nSPS) is 14.3. The predicted octanol–water partition coefficient (Wildman–Crippen LogP) is 6.52.